The molecule has 2 N–H and O–H groups in total. The monoisotopic (exact) mass is 297 g/mol. The molecule has 1 aromatic carbocycles. The third-order valence-corrected chi connectivity index (χ3v) is 2.86. The number of benzene rings is 1. The fraction of sp³-hybridized carbons (Fsp3) is 0.625. The summed E-state index contributed by atoms with van der Waals surface area (Å²) in [6.45, 7) is 4.48. The first-order chi connectivity index (χ1) is 10.4. The minimum atomic E-state index is 0.556. The van der Waals surface area contributed by atoms with Gasteiger partial charge in [0.05, 0.1) is 19.8 Å². The van der Waals surface area contributed by atoms with Crippen molar-refractivity contribution in [2.75, 3.05) is 53.3 Å². The van der Waals surface area contributed by atoms with Gasteiger partial charge < -0.3 is 24.7 Å². The molecule has 0 heterocycles. The largest absolute Gasteiger partial charge is 0.491 e. The fourth-order valence-electron chi connectivity index (χ4n) is 1.75. The van der Waals surface area contributed by atoms with E-state index in [4.69, 9.17) is 24.7 Å². The average molecular weight is 297 g/mol. The minimum absolute atomic E-state index is 0.556. The van der Waals surface area contributed by atoms with E-state index in [1.165, 1.54) is 5.56 Å². The van der Waals surface area contributed by atoms with Gasteiger partial charge in [0.1, 0.15) is 12.4 Å². The average Bonchev–Trinajstić information content (AvgIpc) is 2.51. The van der Waals surface area contributed by atoms with Crippen LogP contribution in [-0.2, 0) is 20.6 Å². The Morgan fingerprint density at radius 3 is 2.14 bits per heavy atom. The van der Waals surface area contributed by atoms with Gasteiger partial charge in [-0.05, 0) is 37.1 Å². The smallest absolute Gasteiger partial charge is 0.119 e. The summed E-state index contributed by atoms with van der Waals surface area (Å²) in [5, 5.41) is 0. The highest BCUT2D eigenvalue weighted by atomic mass is 16.5. The Kier molecular flexibility index (Phi) is 10.7. The lowest BCUT2D eigenvalue weighted by Gasteiger charge is -2.08. The molecule has 0 amide bonds. The summed E-state index contributed by atoms with van der Waals surface area (Å²) in [5.41, 5.74) is 6.74. The van der Waals surface area contributed by atoms with Gasteiger partial charge in [-0.15, -0.1) is 0 Å². The van der Waals surface area contributed by atoms with Crippen LogP contribution in [-0.4, -0.2) is 53.3 Å². The van der Waals surface area contributed by atoms with Gasteiger partial charge >= 0.3 is 0 Å². The maximum atomic E-state index is 5.59. The molecule has 0 aliphatic rings. The molecule has 0 bridgehead atoms. The molecule has 5 heteroatoms. The van der Waals surface area contributed by atoms with Crippen molar-refractivity contribution in [3.05, 3.63) is 29.8 Å². The van der Waals surface area contributed by atoms with Gasteiger partial charge in [-0.3, -0.25) is 0 Å². The molecule has 0 radical (unpaired) electrons. The van der Waals surface area contributed by atoms with Gasteiger partial charge in [-0.2, -0.15) is 0 Å². The van der Waals surface area contributed by atoms with Crippen molar-refractivity contribution in [3.63, 3.8) is 0 Å². The van der Waals surface area contributed by atoms with Crippen molar-refractivity contribution >= 4 is 0 Å². The number of rotatable bonds is 13. The van der Waals surface area contributed by atoms with E-state index in [1.54, 1.807) is 7.11 Å². The van der Waals surface area contributed by atoms with Gasteiger partial charge in [-0.1, -0.05) is 12.1 Å². The molecule has 0 aliphatic carbocycles. The molecule has 0 fully saturated rings. The van der Waals surface area contributed by atoms with Crippen LogP contribution in [0, 0.1) is 0 Å². The highest BCUT2D eigenvalue weighted by molar-refractivity contribution is 5.27. The lowest BCUT2D eigenvalue weighted by atomic mass is 10.1. The van der Waals surface area contributed by atoms with Crippen molar-refractivity contribution in [1.29, 1.82) is 0 Å². The molecule has 1 aromatic rings. The Bertz CT molecular complexity index is 343. The van der Waals surface area contributed by atoms with Gasteiger partial charge in [0.2, 0.25) is 0 Å². The number of hydrogen-bond donors (Lipinski definition) is 1. The normalized spacial score (nSPS) is 10.8. The predicted molar refractivity (Wildman–Crippen MR) is 82.8 cm³/mol. The Morgan fingerprint density at radius 1 is 0.857 bits per heavy atom. The van der Waals surface area contributed by atoms with Crippen molar-refractivity contribution in [1.82, 2.24) is 0 Å². The molecule has 0 unspecified atom stereocenters. The van der Waals surface area contributed by atoms with Crippen molar-refractivity contribution < 1.29 is 18.9 Å². The third kappa shape index (κ3) is 9.42. The van der Waals surface area contributed by atoms with Gasteiger partial charge in [0.25, 0.3) is 0 Å². The fourth-order valence-corrected chi connectivity index (χ4v) is 1.75. The zero-order valence-corrected chi connectivity index (χ0v) is 12.9. The summed E-state index contributed by atoms with van der Waals surface area (Å²) in [4.78, 5) is 0. The molecular formula is C16H27NO4. The Labute approximate surface area is 127 Å². The SMILES string of the molecule is COCCOCCCOCCOc1ccc(CCN)cc1. The number of nitrogens with two attached hydrogens (primary N) is 1. The third-order valence-electron chi connectivity index (χ3n) is 2.86. The maximum absolute atomic E-state index is 5.59. The highest BCUT2D eigenvalue weighted by Crippen LogP contribution is 2.12. The summed E-state index contributed by atoms with van der Waals surface area (Å²) in [5.74, 6) is 0.863. The standard InChI is InChI=1S/C16H27NO4/c1-18-11-12-19-9-2-10-20-13-14-21-16-5-3-15(4-6-16)7-8-17/h3-6H,2,7-14,17H2,1H3. The lowest BCUT2D eigenvalue weighted by molar-refractivity contribution is 0.0459. The molecular weight excluding hydrogens is 270 g/mol. The summed E-state index contributed by atoms with van der Waals surface area (Å²) < 4.78 is 21.3. The number of hydrogen-bond acceptors (Lipinski definition) is 5. The lowest BCUT2D eigenvalue weighted by Crippen LogP contribution is -2.10. The molecule has 120 valence electrons. The van der Waals surface area contributed by atoms with Crippen LogP contribution >= 0.6 is 0 Å². The molecule has 0 spiro atoms. The van der Waals surface area contributed by atoms with E-state index in [0.717, 1.165) is 18.6 Å². The quantitative estimate of drug-likeness (QED) is 0.561. The molecule has 0 aliphatic heterocycles. The highest BCUT2D eigenvalue weighted by Gasteiger charge is 1.96. The number of methoxy groups -OCH3 is 1. The summed E-state index contributed by atoms with van der Waals surface area (Å²) in [6, 6.07) is 8.02. The van der Waals surface area contributed by atoms with Gasteiger partial charge in [0, 0.05) is 20.3 Å². The van der Waals surface area contributed by atoms with Crippen LogP contribution < -0.4 is 10.5 Å². The Hall–Kier alpha value is -1.14. The van der Waals surface area contributed by atoms with Crippen molar-refractivity contribution in [2.24, 2.45) is 5.73 Å². The Morgan fingerprint density at radius 2 is 1.52 bits per heavy atom. The number of ether oxygens (including phenoxy) is 4. The zero-order valence-electron chi connectivity index (χ0n) is 12.9. The second kappa shape index (κ2) is 12.6. The molecule has 1 rings (SSSR count). The van der Waals surface area contributed by atoms with E-state index in [9.17, 15) is 0 Å². The van der Waals surface area contributed by atoms with Crippen LogP contribution in [0.5, 0.6) is 5.75 Å². The summed E-state index contributed by atoms with van der Waals surface area (Å²) >= 11 is 0. The molecule has 0 saturated heterocycles. The molecule has 21 heavy (non-hydrogen) atoms. The van der Waals surface area contributed by atoms with E-state index < -0.39 is 0 Å². The predicted octanol–water partition coefficient (Wildman–Crippen LogP) is 1.64. The first kappa shape index (κ1) is 17.9. The van der Waals surface area contributed by atoms with E-state index in [2.05, 4.69) is 0 Å². The summed E-state index contributed by atoms with van der Waals surface area (Å²) in [7, 11) is 1.66. The summed E-state index contributed by atoms with van der Waals surface area (Å²) in [6.07, 6.45) is 1.79. The van der Waals surface area contributed by atoms with E-state index in [0.29, 0.717) is 46.2 Å². The van der Waals surface area contributed by atoms with Gasteiger partial charge in [-0.25, -0.2) is 0 Å². The van der Waals surface area contributed by atoms with E-state index in [1.807, 2.05) is 24.3 Å². The van der Waals surface area contributed by atoms with Gasteiger partial charge in [0.15, 0.2) is 0 Å². The van der Waals surface area contributed by atoms with Crippen LogP contribution in [0.2, 0.25) is 0 Å². The second-order valence-electron chi connectivity index (χ2n) is 4.60. The van der Waals surface area contributed by atoms with Crippen molar-refractivity contribution in [2.45, 2.75) is 12.8 Å². The molecule has 5 nitrogen and oxygen atoms in total. The topological polar surface area (TPSA) is 62.9 Å². The van der Waals surface area contributed by atoms with Crippen LogP contribution in [0.4, 0.5) is 0 Å². The van der Waals surface area contributed by atoms with E-state index >= 15 is 0 Å². The second-order valence-corrected chi connectivity index (χ2v) is 4.60. The molecule has 0 atom stereocenters. The minimum Gasteiger partial charge on any atom is -0.491 e. The van der Waals surface area contributed by atoms with Crippen molar-refractivity contribution in [3.8, 4) is 5.75 Å². The first-order valence-corrected chi connectivity index (χ1v) is 7.43. The first-order valence-electron chi connectivity index (χ1n) is 7.43. The molecule has 0 aromatic heterocycles. The van der Waals surface area contributed by atoms with Crippen LogP contribution in [0.25, 0.3) is 0 Å². The van der Waals surface area contributed by atoms with Crippen LogP contribution in [0.15, 0.2) is 24.3 Å². The Balaban J connectivity index is 1.94. The maximum Gasteiger partial charge on any atom is 0.119 e. The van der Waals surface area contributed by atoms with Crippen LogP contribution in [0.3, 0.4) is 0 Å². The van der Waals surface area contributed by atoms with Crippen LogP contribution in [0.1, 0.15) is 12.0 Å². The molecule has 0 saturated carbocycles. The zero-order chi connectivity index (χ0) is 15.2. The van der Waals surface area contributed by atoms with E-state index in [-0.39, 0.29) is 0 Å².